The Morgan fingerprint density at radius 3 is 1.33 bits per heavy atom. The highest BCUT2D eigenvalue weighted by molar-refractivity contribution is 7.66. The van der Waals surface area contributed by atoms with Gasteiger partial charge in [-0.2, -0.15) is 0 Å². The van der Waals surface area contributed by atoms with Gasteiger partial charge in [0.25, 0.3) is 0 Å². The van der Waals surface area contributed by atoms with E-state index in [4.69, 9.17) is 33.2 Å². The molecule has 0 heterocycles. The molecule has 0 radical (unpaired) electrons. The predicted octanol–water partition coefficient (Wildman–Crippen LogP) is 3.52. The molecule has 0 fully saturated rings. The first-order valence-corrected chi connectivity index (χ1v) is 11.7. The Balaban J connectivity index is 3.75. The van der Waals surface area contributed by atoms with Gasteiger partial charge in [-0.3, -0.25) is 0 Å². The van der Waals surface area contributed by atoms with Gasteiger partial charge in [0.15, 0.2) is 0 Å². The summed E-state index contributed by atoms with van der Waals surface area (Å²) in [6.45, 7) is 6.63. The summed E-state index contributed by atoms with van der Waals surface area (Å²) >= 11 is 17.2. The minimum atomic E-state index is -2.31. The fraction of sp³-hybridized carbons (Fsp3) is 1.00. The van der Waals surface area contributed by atoms with Crippen LogP contribution in [0.1, 0.15) is 0 Å². The maximum Gasteiger partial charge on any atom is 0.339 e. The second-order valence-corrected chi connectivity index (χ2v) is 18.7. The van der Waals surface area contributed by atoms with Crippen LogP contribution in [0.3, 0.4) is 0 Å². The van der Waals surface area contributed by atoms with Gasteiger partial charge in [0.1, 0.15) is 0 Å². The minimum absolute atomic E-state index is 0.866. The Labute approximate surface area is 72.6 Å². The van der Waals surface area contributed by atoms with E-state index in [2.05, 4.69) is 19.6 Å². The first-order valence-electron chi connectivity index (χ1n) is 2.77. The van der Waals surface area contributed by atoms with Gasteiger partial charge in [-0.25, -0.2) is 0 Å². The van der Waals surface area contributed by atoms with E-state index in [9.17, 15) is 0 Å². The average Bonchev–Trinajstić information content (AvgIpc) is 1.14. The molecule has 0 nitrogen and oxygen atoms in total. The van der Waals surface area contributed by atoms with Crippen molar-refractivity contribution in [1.29, 1.82) is 0 Å². The zero-order valence-electron chi connectivity index (χ0n) is 5.84. The van der Waals surface area contributed by atoms with Gasteiger partial charge in [-0.05, 0) is 5.67 Å². The zero-order chi connectivity index (χ0) is 7.71. The molecule has 0 aromatic rings. The first-order chi connectivity index (χ1) is 3.71. The highest BCUT2D eigenvalue weighted by Crippen LogP contribution is 2.29. The quantitative estimate of drug-likeness (QED) is 0.495. The van der Waals surface area contributed by atoms with E-state index < -0.39 is 14.1 Å². The molecular weight excluding hydrogens is 211 g/mol. The van der Waals surface area contributed by atoms with Gasteiger partial charge in [0, 0.05) is 8.07 Å². The normalized spacial score (nSPS) is 14.0. The minimum Gasteiger partial charge on any atom is -0.126 e. The van der Waals surface area contributed by atoms with Crippen LogP contribution in [0.2, 0.25) is 25.3 Å². The molecule has 0 aliphatic carbocycles. The van der Waals surface area contributed by atoms with Crippen LogP contribution < -0.4 is 0 Å². The summed E-state index contributed by atoms with van der Waals surface area (Å²) in [5.41, 5.74) is 0.866. The van der Waals surface area contributed by atoms with Gasteiger partial charge in [-0.15, -0.1) is 33.2 Å². The van der Waals surface area contributed by atoms with Gasteiger partial charge >= 0.3 is 6.00 Å². The molecule has 9 heavy (non-hydrogen) atoms. The Hall–Kier alpha value is 1.30. The van der Waals surface area contributed by atoms with E-state index in [1.54, 1.807) is 0 Å². The van der Waals surface area contributed by atoms with E-state index >= 15 is 0 Å². The molecule has 0 rings (SSSR count). The second-order valence-electron chi connectivity index (χ2n) is 3.35. The monoisotopic (exact) mass is 220 g/mol. The van der Waals surface area contributed by atoms with E-state index in [1.807, 2.05) is 0 Å². The van der Waals surface area contributed by atoms with Crippen molar-refractivity contribution in [2.75, 3.05) is 0 Å². The van der Waals surface area contributed by atoms with Crippen LogP contribution >= 0.6 is 33.2 Å². The van der Waals surface area contributed by atoms with Gasteiger partial charge in [0.2, 0.25) is 0 Å². The fourth-order valence-electron chi connectivity index (χ4n) is 0.601. The van der Waals surface area contributed by atoms with Crippen molar-refractivity contribution >= 4 is 47.3 Å². The average molecular weight is 222 g/mol. The summed E-state index contributed by atoms with van der Waals surface area (Å²) in [7, 11) is -1.13. The van der Waals surface area contributed by atoms with Gasteiger partial charge < -0.3 is 0 Å². The van der Waals surface area contributed by atoms with Crippen LogP contribution in [0.4, 0.5) is 0 Å². The molecule has 0 atom stereocenters. The number of hydrogen-bond acceptors (Lipinski definition) is 0. The van der Waals surface area contributed by atoms with Crippen LogP contribution in [-0.2, 0) is 0 Å². The number of hydrogen-bond donors (Lipinski definition) is 0. The molecule has 0 spiro atoms. The lowest BCUT2D eigenvalue weighted by Crippen LogP contribution is -2.29. The summed E-state index contributed by atoms with van der Waals surface area (Å²) in [6.07, 6.45) is 0. The molecule has 0 amide bonds. The number of halogens is 3. The molecule has 0 aliphatic rings. The predicted molar refractivity (Wildman–Crippen MR) is 51.5 cm³/mol. The maximum absolute atomic E-state index is 5.72. The molecule has 0 saturated carbocycles. The van der Waals surface area contributed by atoms with Crippen molar-refractivity contribution in [3.63, 3.8) is 0 Å². The lowest BCUT2D eigenvalue weighted by atomic mass is 11.8. The highest BCUT2D eigenvalue weighted by Gasteiger charge is 2.32. The van der Waals surface area contributed by atoms with Crippen LogP contribution in [0.5, 0.6) is 0 Å². The van der Waals surface area contributed by atoms with Crippen molar-refractivity contribution in [3.05, 3.63) is 0 Å². The van der Waals surface area contributed by atoms with E-state index in [-0.39, 0.29) is 0 Å². The zero-order valence-corrected chi connectivity index (χ0v) is 10.1. The molecule has 56 valence electrons. The Kier molecular flexibility index (Phi) is 3.59. The lowest BCUT2D eigenvalue weighted by molar-refractivity contribution is 1.63. The summed E-state index contributed by atoms with van der Waals surface area (Å²) < 4.78 is 0. The maximum atomic E-state index is 5.72. The van der Waals surface area contributed by atoms with Crippen molar-refractivity contribution in [2.45, 2.75) is 25.3 Å². The third-order valence-corrected chi connectivity index (χ3v) is 10.2. The Morgan fingerprint density at radius 2 is 1.33 bits per heavy atom. The smallest absolute Gasteiger partial charge is 0.126 e. The van der Waals surface area contributed by atoms with Crippen molar-refractivity contribution in [1.82, 2.24) is 0 Å². The molecule has 0 unspecified atom stereocenters. The Morgan fingerprint density at radius 1 is 1.00 bits per heavy atom. The third-order valence-electron chi connectivity index (χ3n) is 0.731. The summed E-state index contributed by atoms with van der Waals surface area (Å²) in [4.78, 5) is 0. The van der Waals surface area contributed by atoms with E-state index in [1.165, 1.54) is 0 Å². The highest BCUT2D eigenvalue weighted by atomic mass is 35.8. The van der Waals surface area contributed by atoms with Crippen LogP contribution in [0.15, 0.2) is 0 Å². The molecule has 0 aromatic heterocycles. The Bertz CT molecular complexity index is 79.0. The summed E-state index contributed by atoms with van der Waals surface area (Å²) in [5, 5.41) is 0. The molecule has 0 aliphatic heterocycles. The third kappa shape index (κ3) is 9.30. The van der Waals surface area contributed by atoms with Crippen molar-refractivity contribution in [2.24, 2.45) is 0 Å². The van der Waals surface area contributed by atoms with Crippen molar-refractivity contribution in [3.8, 4) is 0 Å². The molecule has 0 saturated heterocycles. The van der Waals surface area contributed by atoms with Crippen LogP contribution in [0, 0.1) is 0 Å². The second kappa shape index (κ2) is 3.14. The van der Waals surface area contributed by atoms with Crippen molar-refractivity contribution < 1.29 is 0 Å². The first kappa shape index (κ1) is 10.3. The molecule has 0 bridgehead atoms. The topological polar surface area (TPSA) is 0 Å². The van der Waals surface area contributed by atoms with Gasteiger partial charge in [-0.1, -0.05) is 19.6 Å². The summed E-state index contributed by atoms with van der Waals surface area (Å²) in [5.74, 6) is 0. The number of rotatable bonds is 2. The molecule has 5 heteroatoms. The molecular formula is C4H11Cl3Si2. The molecule has 0 N–H and O–H groups in total. The fourth-order valence-corrected chi connectivity index (χ4v) is 16.2. The standard InChI is InChI=1S/C4H11Cl3Si2/c1-8(2,3)4-9(5,6)7/h4H2,1-3H3. The van der Waals surface area contributed by atoms with Crippen LogP contribution in [0.25, 0.3) is 0 Å². The van der Waals surface area contributed by atoms with E-state index in [0.717, 1.165) is 5.67 Å². The summed E-state index contributed by atoms with van der Waals surface area (Å²) in [6, 6.07) is -2.31. The molecule has 0 aromatic carbocycles. The lowest BCUT2D eigenvalue weighted by Gasteiger charge is -2.18. The SMILES string of the molecule is C[Si](C)(C)C[Si](Cl)(Cl)Cl. The van der Waals surface area contributed by atoms with E-state index in [0.29, 0.717) is 0 Å². The van der Waals surface area contributed by atoms with Gasteiger partial charge in [0.05, 0.1) is 0 Å². The largest absolute Gasteiger partial charge is 0.339 e. The van der Waals surface area contributed by atoms with Crippen LogP contribution in [-0.4, -0.2) is 14.1 Å².